The van der Waals surface area contributed by atoms with Crippen LogP contribution in [0.4, 0.5) is 5.82 Å². The van der Waals surface area contributed by atoms with Gasteiger partial charge in [-0.25, -0.2) is 14.8 Å². The van der Waals surface area contributed by atoms with Gasteiger partial charge >= 0.3 is 5.69 Å². The van der Waals surface area contributed by atoms with Crippen molar-refractivity contribution in [1.82, 2.24) is 29.1 Å². The summed E-state index contributed by atoms with van der Waals surface area (Å²) in [5.41, 5.74) is 14.0. The van der Waals surface area contributed by atoms with E-state index >= 15 is 0 Å². The summed E-state index contributed by atoms with van der Waals surface area (Å²) in [7, 11) is 0. The highest BCUT2D eigenvalue weighted by Gasteiger charge is 2.21. The number of imidazole rings is 1. The van der Waals surface area contributed by atoms with Gasteiger partial charge in [0.1, 0.15) is 28.4 Å². The fourth-order valence-corrected chi connectivity index (χ4v) is 4.38. The first-order valence-corrected chi connectivity index (χ1v) is 11.8. The predicted octanol–water partition coefficient (Wildman–Crippen LogP) is 1.96. The van der Waals surface area contributed by atoms with Crippen LogP contribution in [0.15, 0.2) is 34.1 Å². The third-order valence-corrected chi connectivity index (χ3v) is 6.21. The molecule has 5 N–H and O–H groups in total. The van der Waals surface area contributed by atoms with E-state index in [1.807, 2.05) is 12.1 Å². The highest BCUT2D eigenvalue weighted by atomic mass is 16.2. The summed E-state index contributed by atoms with van der Waals surface area (Å²) in [6.07, 6.45) is 7.62. The minimum absolute atomic E-state index is 0.340. The van der Waals surface area contributed by atoms with Crippen LogP contribution in [0.3, 0.4) is 0 Å². The van der Waals surface area contributed by atoms with E-state index in [4.69, 9.17) is 16.5 Å². The highest BCUT2D eigenvalue weighted by Crippen LogP contribution is 2.28. The van der Waals surface area contributed by atoms with E-state index in [1.54, 1.807) is 13.1 Å². The van der Waals surface area contributed by atoms with Gasteiger partial charge in [-0.15, -0.1) is 0 Å². The van der Waals surface area contributed by atoms with Gasteiger partial charge in [0.05, 0.1) is 5.52 Å². The van der Waals surface area contributed by atoms with Crippen molar-refractivity contribution in [3.8, 4) is 0 Å². The average Bonchev–Trinajstić information content (AvgIpc) is 3.19. The minimum atomic E-state index is -0.848. The topological polar surface area (TPSA) is 168 Å². The second-order valence-corrected chi connectivity index (χ2v) is 8.74. The third kappa shape index (κ3) is 4.79. The number of carbonyl (C=O) groups is 1. The Hall–Kier alpha value is -4.02. The van der Waals surface area contributed by atoms with E-state index in [1.165, 1.54) is 10.8 Å². The van der Waals surface area contributed by atoms with Gasteiger partial charge in [-0.05, 0) is 44.7 Å². The Morgan fingerprint density at radius 3 is 2.71 bits per heavy atom. The van der Waals surface area contributed by atoms with E-state index in [0.717, 1.165) is 36.1 Å². The van der Waals surface area contributed by atoms with Crippen molar-refractivity contribution in [1.29, 1.82) is 0 Å². The van der Waals surface area contributed by atoms with Crippen molar-refractivity contribution in [3.05, 3.63) is 56.8 Å². The molecule has 4 aromatic heterocycles. The molecule has 184 valence electrons. The zero-order valence-corrected chi connectivity index (χ0v) is 20.0. The molecule has 0 saturated heterocycles. The molecule has 1 unspecified atom stereocenters. The van der Waals surface area contributed by atoms with Crippen LogP contribution >= 0.6 is 0 Å². The quantitative estimate of drug-likeness (QED) is 0.293. The smallest absolute Gasteiger partial charge is 0.329 e. The zero-order valence-electron chi connectivity index (χ0n) is 20.0. The number of carbonyl (C=O) groups excluding carboxylic acids is 1. The molecule has 0 bridgehead atoms. The largest absolute Gasteiger partial charge is 0.382 e. The minimum Gasteiger partial charge on any atom is -0.382 e. The first-order valence-electron chi connectivity index (χ1n) is 11.8. The number of nitrogen functional groups attached to an aromatic ring is 1. The zero-order chi connectivity index (χ0) is 25.1. The van der Waals surface area contributed by atoms with Gasteiger partial charge in [-0.1, -0.05) is 13.3 Å². The summed E-state index contributed by atoms with van der Waals surface area (Å²) in [5, 5.41) is 0. The number of nitrogens with one attached hydrogen (secondary N) is 1. The first kappa shape index (κ1) is 24.1. The van der Waals surface area contributed by atoms with Crippen molar-refractivity contribution in [2.24, 2.45) is 5.73 Å². The Kier molecular flexibility index (Phi) is 6.94. The van der Waals surface area contributed by atoms with Gasteiger partial charge in [0.25, 0.3) is 5.56 Å². The molecule has 0 aromatic carbocycles. The number of primary amides is 1. The number of fused-ring (bicyclic) bond motifs is 3. The van der Waals surface area contributed by atoms with Crippen LogP contribution in [0.1, 0.15) is 56.5 Å². The number of anilines is 1. The molecule has 0 fully saturated rings. The molecule has 1 atom stereocenters. The SMILES string of the molecule is CCCCc1nc2c(N)nc3cccnc3c2n1CCCCC(C(N)=O)n1cc(C)c(=O)[nH]c1=O. The van der Waals surface area contributed by atoms with Crippen LogP contribution in [0.2, 0.25) is 0 Å². The lowest BCUT2D eigenvalue weighted by atomic mass is 10.1. The van der Waals surface area contributed by atoms with Crippen molar-refractivity contribution >= 4 is 33.8 Å². The van der Waals surface area contributed by atoms with Crippen LogP contribution < -0.4 is 22.7 Å². The van der Waals surface area contributed by atoms with E-state index in [-0.39, 0.29) is 0 Å². The van der Waals surface area contributed by atoms with Crippen molar-refractivity contribution in [3.63, 3.8) is 0 Å². The van der Waals surface area contributed by atoms with Gasteiger partial charge in [0.15, 0.2) is 5.82 Å². The molecule has 4 aromatic rings. The molecule has 0 radical (unpaired) electrons. The number of aromatic nitrogens is 6. The molecule has 0 spiro atoms. The molecule has 0 aliphatic heterocycles. The van der Waals surface area contributed by atoms with E-state index in [9.17, 15) is 14.4 Å². The number of rotatable bonds is 10. The predicted molar refractivity (Wildman–Crippen MR) is 134 cm³/mol. The molecule has 4 rings (SSSR count). The van der Waals surface area contributed by atoms with Crippen molar-refractivity contribution in [2.45, 2.75) is 65.0 Å². The van der Waals surface area contributed by atoms with Gasteiger partial charge in [-0.2, -0.15) is 0 Å². The Labute approximate surface area is 201 Å². The monoisotopic (exact) mass is 478 g/mol. The molecular formula is C24H30N8O3. The maximum Gasteiger partial charge on any atom is 0.329 e. The van der Waals surface area contributed by atoms with E-state index < -0.39 is 23.2 Å². The van der Waals surface area contributed by atoms with Gasteiger partial charge in [-0.3, -0.25) is 24.1 Å². The molecule has 35 heavy (non-hydrogen) atoms. The summed E-state index contributed by atoms with van der Waals surface area (Å²) in [5.74, 6) is 0.676. The van der Waals surface area contributed by atoms with Crippen LogP contribution in [-0.2, 0) is 17.8 Å². The number of hydrogen-bond acceptors (Lipinski definition) is 7. The normalized spacial score (nSPS) is 12.4. The number of pyridine rings is 2. The van der Waals surface area contributed by atoms with Crippen molar-refractivity contribution < 1.29 is 4.79 Å². The second kappa shape index (κ2) is 10.1. The fraction of sp³-hybridized carbons (Fsp3) is 0.417. The van der Waals surface area contributed by atoms with E-state index in [2.05, 4.69) is 26.4 Å². The number of aryl methyl sites for hydroxylation is 3. The molecular weight excluding hydrogens is 448 g/mol. The number of nitrogens with zero attached hydrogens (tertiary/aromatic N) is 5. The first-order chi connectivity index (χ1) is 16.8. The molecule has 0 aliphatic carbocycles. The number of aromatic amines is 1. The van der Waals surface area contributed by atoms with E-state index in [0.29, 0.717) is 48.2 Å². The lowest BCUT2D eigenvalue weighted by molar-refractivity contribution is -0.121. The maximum atomic E-state index is 12.3. The van der Waals surface area contributed by atoms with Crippen LogP contribution in [0, 0.1) is 6.92 Å². The average molecular weight is 479 g/mol. The summed E-state index contributed by atoms with van der Waals surface area (Å²) >= 11 is 0. The lowest BCUT2D eigenvalue weighted by Gasteiger charge is -2.17. The van der Waals surface area contributed by atoms with Crippen LogP contribution in [-0.4, -0.2) is 35.0 Å². The molecule has 4 heterocycles. The second-order valence-electron chi connectivity index (χ2n) is 8.74. The number of unbranched alkanes of at least 4 members (excludes halogenated alkanes) is 2. The van der Waals surface area contributed by atoms with Gasteiger partial charge in [0.2, 0.25) is 5.91 Å². The Bertz CT molecular complexity index is 1500. The summed E-state index contributed by atoms with van der Waals surface area (Å²) in [4.78, 5) is 52.1. The standard InChI is InChI=1S/C24H30N8O3/c1-3-4-10-17-29-19-20(18-15(28-21(19)25)8-7-11-27-18)31(17)12-6-5-9-16(22(26)33)32-13-14(2)23(34)30-24(32)35/h7-8,11,13,16H,3-6,9-10,12H2,1-2H3,(H2,25,28)(H2,26,33)(H,30,34,35). The maximum absolute atomic E-state index is 12.3. The molecule has 11 heteroatoms. The number of nitrogens with two attached hydrogens (primary N) is 2. The number of H-pyrrole nitrogens is 1. The number of amides is 1. The molecule has 0 saturated carbocycles. The highest BCUT2D eigenvalue weighted by molar-refractivity contribution is 6.04. The number of hydrogen-bond donors (Lipinski definition) is 3. The van der Waals surface area contributed by atoms with Gasteiger partial charge in [0, 0.05) is 30.9 Å². The third-order valence-electron chi connectivity index (χ3n) is 6.21. The van der Waals surface area contributed by atoms with Crippen molar-refractivity contribution in [2.75, 3.05) is 5.73 Å². The Morgan fingerprint density at radius 2 is 1.97 bits per heavy atom. The Morgan fingerprint density at radius 1 is 1.17 bits per heavy atom. The summed E-state index contributed by atoms with van der Waals surface area (Å²) < 4.78 is 3.36. The summed E-state index contributed by atoms with van der Waals surface area (Å²) in [6, 6.07) is 2.85. The Balaban J connectivity index is 1.61. The fourth-order valence-electron chi connectivity index (χ4n) is 4.38. The molecule has 0 aliphatic rings. The van der Waals surface area contributed by atoms with Gasteiger partial charge < -0.3 is 16.0 Å². The van der Waals surface area contributed by atoms with Crippen LogP contribution in [0.5, 0.6) is 0 Å². The molecule has 11 nitrogen and oxygen atoms in total. The summed E-state index contributed by atoms with van der Waals surface area (Å²) in [6.45, 7) is 4.34. The molecule has 1 amide bonds. The van der Waals surface area contributed by atoms with Crippen LogP contribution in [0.25, 0.3) is 22.1 Å². The lowest BCUT2D eigenvalue weighted by Crippen LogP contribution is -2.38.